The number of aromatic nitrogens is 2. The summed E-state index contributed by atoms with van der Waals surface area (Å²) < 4.78 is 1.08. The molecule has 2 heterocycles. The molecule has 4 nitrogen and oxygen atoms in total. The molecule has 0 radical (unpaired) electrons. The average molecular weight is 283 g/mol. The van der Waals surface area contributed by atoms with Crippen LogP contribution in [0.5, 0.6) is 0 Å². The fourth-order valence-electron chi connectivity index (χ4n) is 2.39. The highest BCUT2D eigenvalue weighted by Gasteiger charge is 2.20. The Morgan fingerprint density at radius 1 is 1.28 bits per heavy atom. The highest BCUT2D eigenvalue weighted by molar-refractivity contribution is 7.17. The van der Waals surface area contributed by atoms with Crippen molar-refractivity contribution in [3.05, 3.63) is 16.7 Å². The summed E-state index contributed by atoms with van der Waals surface area (Å²) in [6.07, 6.45) is 4.33. The number of nitrogens with zero attached hydrogens (tertiary/aromatic N) is 2. The van der Waals surface area contributed by atoms with Crippen molar-refractivity contribution >= 4 is 39.0 Å². The molecule has 3 N–H and O–H groups in total. The summed E-state index contributed by atoms with van der Waals surface area (Å²) in [4.78, 5) is 8.52. The molecule has 2 aromatic heterocycles. The third kappa shape index (κ3) is 2.43. The lowest BCUT2D eigenvalue weighted by molar-refractivity contribution is 0.410. The second-order valence-electron chi connectivity index (χ2n) is 4.73. The standard InChI is InChI=1S/C12H15ClN4S/c13-12-16-9-5-6-18-10(9)11(17-12)15-8-3-1-7(14)2-4-8/h5-8H,1-4,14H2,(H,15,16,17). The van der Waals surface area contributed by atoms with E-state index in [1.54, 1.807) is 11.3 Å². The van der Waals surface area contributed by atoms with Crippen molar-refractivity contribution in [1.29, 1.82) is 0 Å². The van der Waals surface area contributed by atoms with Gasteiger partial charge < -0.3 is 11.1 Å². The Labute approximate surface area is 115 Å². The zero-order chi connectivity index (χ0) is 12.5. The van der Waals surface area contributed by atoms with Gasteiger partial charge in [0.2, 0.25) is 5.28 Å². The topological polar surface area (TPSA) is 63.8 Å². The van der Waals surface area contributed by atoms with E-state index in [0.29, 0.717) is 17.4 Å². The third-order valence-electron chi connectivity index (χ3n) is 3.39. The molecule has 0 aliphatic heterocycles. The number of thiophene rings is 1. The van der Waals surface area contributed by atoms with Crippen LogP contribution in [0.3, 0.4) is 0 Å². The molecule has 0 aromatic carbocycles. The van der Waals surface area contributed by atoms with Crippen LogP contribution in [-0.2, 0) is 0 Å². The van der Waals surface area contributed by atoms with Crippen molar-refractivity contribution in [3.63, 3.8) is 0 Å². The highest BCUT2D eigenvalue weighted by atomic mass is 35.5. The van der Waals surface area contributed by atoms with E-state index in [1.807, 2.05) is 11.4 Å². The number of anilines is 1. The summed E-state index contributed by atoms with van der Waals surface area (Å²) in [5.74, 6) is 0.862. The van der Waals surface area contributed by atoms with Gasteiger partial charge in [0.05, 0.1) is 10.2 Å². The van der Waals surface area contributed by atoms with Gasteiger partial charge in [-0.05, 0) is 48.7 Å². The van der Waals surface area contributed by atoms with Gasteiger partial charge in [0.25, 0.3) is 0 Å². The van der Waals surface area contributed by atoms with Gasteiger partial charge >= 0.3 is 0 Å². The largest absolute Gasteiger partial charge is 0.366 e. The molecule has 0 unspecified atom stereocenters. The van der Waals surface area contributed by atoms with Crippen LogP contribution < -0.4 is 11.1 Å². The Hall–Kier alpha value is -0.910. The molecule has 3 rings (SSSR count). The van der Waals surface area contributed by atoms with Gasteiger partial charge in [0.15, 0.2) is 0 Å². The molecule has 0 amide bonds. The predicted molar refractivity (Wildman–Crippen MR) is 76.3 cm³/mol. The molecule has 1 aliphatic rings. The van der Waals surface area contributed by atoms with Gasteiger partial charge in [0, 0.05) is 12.1 Å². The molecule has 0 spiro atoms. The fraction of sp³-hybridized carbons (Fsp3) is 0.500. The molecule has 96 valence electrons. The van der Waals surface area contributed by atoms with Crippen molar-refractivity contribution in [2.75, 3.05) is 5.32 Å². The van der Waals surface area contributed by atoms with Crippen LogP contribution >= 0.6 is 22.9 Å². The van der Waals surface area contributed by atoms with Crippen molar-refractivity contribution in [2.24, 2.45) is 5.73 Å². The van der Waals surface area contributed by atoms with E-state index < -0.39 is 0 Å². The number of rotatable bonds is 2. The molecule has 0 saturated heterocycles. The summed E-state index contributed by atoms with van der Waals surface area (Å²) in [6.45, 7) is 0. The minimum absolute atomic E-state index is 0.302. The first-order valence-electron chi connectivity index (χ1n) is 6.15. The number of hydrogen-bond acceptors (Lipinski definition) is 5. The van der Waals surface area contributed by atoms with E-state index in [9.17, 15) is 0 Å². The Morgan fingerprint density at radius 2 is 2.06 bits per heavy atom. The van der Waals surface area contributed by atoms with Crippen LogP contribution in [0.1, 0.15) is 25.7 Å². The zero-order valence-electron chi connectivity index (χ0n) is 9.90. The second-order valence-corrected chi connectivity index (χ2v) is 5.99. The SMILES string of the molecule is NC1CCC(Nc2nc(Cl)nc3ccsc23)CC1. The monoisotopic (exact) mass is 282 g/mol. The summed E-state index contributed by atoms with van der Waals surface area (Å²) >= 11 is 7.58. The van der Waals surface area contributed by atoms with Gasteiger partial charge in [-0.15, -0.1) is 11.3 Å². The summed E-state index contributed by atoms with van der Waals surface area (Å²) in [6, 6.07) is 2.77. The summed E-state index contributed by atoms with van der Waals surface area (Å²) in [5, 5.41) is 5.80. The van der Waals surface area contributed by atoms with E-state index >= 15 is 0 Å². The van der Waals surface area contributed by atoms with E-state index in [4.69, 9.17) is 17.3 Å². The first-order valence-corrected chi connectivity index (χ1v) is 7.41. The lowest BCUT2D eigenvalue weighted by Crippen LogP contribution is -2.33. The minimum Gasteiger partial charge on any atom is -0.366 e. The number of nitrogens with one attached hydrogen (secondary N) is 1. The summed E-state index contributed by atoms with van der Waals surface area (Å²) in [7, 11) is 0. The molecule has 2 aromatic rings. The zero-order valence-corrected chi connectivity index (χ0v) is 11.5. The second kappa shape index (κ2) is 4.99. The lowest BCUT2D eigenvalue weighted by Gasteiger charge is -2.27. The maximum Gasteiger partial charge on any atom is 0.224 e. The first kappa shape index (κ1) is 12.1. The molecule has 1 fully saturated rings. The molecule has 18 heavy (non-hydrogen) atoms. The summed E-state index contributed by atoms with van der Waals surface area (Å²) in [5.41, 5.74) is 6.83. The molecule has 1 saturated carbocycles. The fourth-order valence-corrected chi connectivity index (χ4v) is 3.35. The average Bonchev–Trinajstić information content (AvgIpc) is 2.80. The van der Waals surface area contributed by atoms with Crippen LogP contribution in [-0.4, -0.2) is 22.1 Å². The highest BCUT2D eigenvalue weighted by Crippen LogP contribution is 2.29. The molecular weight excluding hydrogens is 268 g/mol. The van der Waals surface area contributed by atoms with Crippen LogP contribution in [0.4, 0.5) is 5.82 Å². The number of nitrogens with two attached hydrogens (primary N) is 1. The van der Waals surface area contributed by atoms with Crippen LogP contribution in [0.25, 0.3) is 10.2 Å². The van der Waals surface area contributed by atoms with E-state index in [-0.39, 0.29) is 0 Å². The van der Waals surface area contributed by atoms with Gasteiger partial charge in [0.1, 0.15) is 5.82 Å². The lowest BCUT2D eigenvalue weighted by atomic mass is 9.92. The van der Waals surface area contributed by atoms with E-state index in [2.05, 4.69) is 15.3 Å². The number of hydrogen-bond donors (Lipinski definition) is 2. The van der Waals surface area contributed by atoms with Crippen molar-refractivity contribution in [2.45, 2.75) is 37.8 Å². The Morgan fingerprint density at radius 3 is 2.83 bits per heavy atom. The van der Waals surface area contributed by atoms with Crippen LogP contribution in [0.2, 0.25) is 5.28 Å². The van der Waals surface area contributed by atoms with Gasteiger partial charge in [-0.1, -0.05) is 0 Å². The third-order valence-corrected chi connectivity index (χ3v) is 4.47. The Balaban J connectivity index is 1.83. The van der Waals surface area contributed by atoms with Crippen LogP contribution in [0.15, 0.2) is 11.4 Å². The molecule has 1 aliphatic carbocycles. The molecule has 6 heteroatoms. The maximum atomic E-state index is 5.94. The van der Waals surface area contributed by atoms with Crippen molar-refractivity contribution < 1.29 is 0 Å². The van der Waals surface area contributed by atoms with Crippen LogP contribution in [0, 0.1) is 0 Å². The minimum atomic E-state index is 0.302. The smallest absolute Gasteiger partial charge is 0.224 e. The normalized spacial score (nSPS) is 24.3. The number of halogens is 1. The number of fused-ring (bicyclic) bond motifs is 1. The van der Waals surface area contributed by atoms with Gasteiger partial charge in [-0.2, -0.15) is 4.98 Å². The Kier molecular flexibility index (Phi) is 3.37. The Bertz CT molecular complexity index is 548. The molecule has 0 atom stereocenters. The van der Waals surface area contributed by atoms with Crippen molar-refractivity contribution in [3.8, 4) is 0 Å². The first-order chi connectivity index (χ1) is 8.72. The van der Waals surface area contributed by atoms with Gasteiger partial charge in [-0.3, -0.25) is 0 Å². The van der Waals surface area contributed by atoms with Crippen molar-refractivity contribution in [1.82, 2.24) is 9.97 Å². The molecule has 0 bridgehead atoms. The van der Waals surface area contributed by atoms with E-state index in [0.717, 1.165) is 41.7 Å². The quantitative estimate of drug-likeness (QED) is 0.831. The van der Waals surface area contributed by atoms with E-state index in [1.165, 1.54) is 0 Å². The predicted octanol–water partition coefficient (Wildman–Crippen LogP) is 3.03. The maximum absolute atomic E-state index is 5.94. The molecular formula is C12H15ClN4S. The van der Waals surface area contributed by atoms with Gasteiger partial charge in [-0.25, -0.2) is 4.98 Å².